The third kappa shape index (κ3) is 5.98. The Bertz CT molecular complexity index is 626. The molecule has 0 bridgehead atoms. The van der Waals surface area contributed by atoms with Gasteiger partial charge in [0.05, 0.1) is 18.6 Å². The second-order valence-electron chi connectivity index (χ2n) is 5.96. The quantitative estimate of drug-likeness (QED) is 0.376. The van der Waals surface area contributed by atoms with E-state index in [1.54, 1.807) is 44.2 Å². The molecule has 0 unspecified atom stereocenters. The lowest BCUT2D eigenvalue weighted by molar-refractivity contribution is -0.164. The fourth-order valence-corrected chi connectivity index (χ4v) is 2.63. The Morgan fingerprint density at radius 3 is 2.19 bits per heavy atom. The van der Waals surface area contributed by atoms with Crippen molar-refractivity contribution in [2.24, 2.45) is 11.8 Å². The largest absolute Gasteiger partial charge is 0.469 e. The first-order valence-corrected chi connectivity index (χ1v) is 8.26. The summed E-state index contributed by atoms with van der Waals surface area (Å²) in [7, 11) is 1.23. The van der Waals surface area contributed by atoms with Gasteiger partial charge in [-0.05, 0) is 19.1 Å². The van der Waals surface area contributed by atoms with E-state index in [0.717, 1.165) is 0 Å². The molecule has 0 aliphatic rings. The molecule has 0 fully saturated rings. The maximum absolute atomic E-state index is 12.3. The van der Waals surface area contributed by atoms with E-state index in [1.807, 2.05) is 0 Å². The summed E-state index contributed by atoms with van der Waals surface area (Å²) in [6.07, 6.45) is -1.25. The van der Waals surface area contributed by atoms with Gasteiger partial charge in [0.2, 0.25) is 0 Å². The van der Waals surface area contributed by atoms with E-state index in [9.17, 15) is 19.2 Å². The summed E-state index contributed by atoms with van der Waals surface area (Å²) >= 11 is 0. The van der Waals surface area contributed by atoms with Crippen molar-refractivity contribution in [2.45, 2.75) is 39.4 Å². The molecular weight excluding hydrogens is 340 g/mol. The van der Waals surface area contributed by atoms with Crippen molar-refractivity contribution in [3.63, 3.8) is 0 Å². The first-order valence-electron chi connectivity index (χ1n) is 8.26. The van der Waals surface area contributed by atoms with Gasteiger partial charge in [-0.1, -0.05) is 25.1 Å². The Kier molecular flexibility index (Phi) is 8.48. The summed E-state index contributed by atoms with van der Waals surface area (Å²) in [6, 6.07) is 8.32. The average Bonchev–Trinajstić information content (AvgIpc) is 2.64. The maximum atomic E-state index is 12.3. The number of ether oxygens (including phenoxy) is 3. The van der Waals surface area contributed by atoms with Gasteiger partial charge in [-0.25, -0.2) is 4.79 Å². The van der Waals surface area contributed by atoms with E-state index < -0.39 is 42.0 Å². The number of aldehydes is 1. The third-order valence-electron chi connectivity index (χ3n) is 4.07. The zero-order valence-corrected chi connectivity index (χ0v) is 15.3. The summed E-state index contributed by atoms with van der Waals surface area (Å²) in [5, 5.41) is 0. The normalized spacial score (nSPS) is 15.1. The van der Waals surface area contributed by atoms with E-state index in [1.165, 1.54) is 14.0 Å². The lowest BCUT2D eigenvalue weighted by Gasteiger charge is -2.32. The molecule has 7 nitrogen and oxygen atoms in total. The van der Waals surface area contributed by atoms with Crippen molar-refractivity contribution in [1.29, 1.82) is 0 Å². The van der Waals surface area contributed by atoms with E-state index in [4.69, 9.17) is 14.2 Å². The molecule has 1 aromatic rings. The number of hydrogen-bond donors (Lipinski definition) is 0. The maximum Gasteiger partial charge on any atom is 0.338 e. The topological polar surface area (TPSA) is 96.0 Å². The van der Waals surface area contributed by atoms with Crippen LogP contribution in [-0.2, 0) is 28.6 Å². The zero-order valence-electron chi connectivity index (χ0n) is 15.3. The minimum Gasteiger partial charge on any atom is -0.469 e. The molecule has 0 N–H and O–H groups in total. The highest BCUT2D eigenvalue weighted by Gasteiger charge is 2.38. The lowest BCUT2D eigenvalue weighted by atomic mass is 9.87. The van der Waals surface area contributed by atoms with Crippen LogP contribution in [0.25, 0.3) is 0 Å². The molecule has 0 saturated carbocycles. The summed E-state index contributed by atoms with van der Waals surface area (Å²) in [5.41, 5.74) is 0.334. The van der Waals surface area contributed by atoms with Crippen LogP contribution >= 0.6 is 0 Å². The Balaban J connectivity index is 3.02. The number of carbonyl (C=O) groups excluding carboxylic acids is 4. The van der Waals surface area contributed by atoms with Gasteiger partial charge in [-0.3, -0.25) is 9.59 Å². The first-order chi connectivity index (χ1) is 12.3. The third-order valence-corrected chi connectivity index (χ3v) is 4.07. The molecule has 26 heavy (non-hydrogen) atoms. The molecule has 0 aliphatic heterocycles. The molecule has 0 radical (unpaired) electrons. The van der Waals surface area contributed by atoms with Crippen LogP contribution < -0.4 is 0 Å². The average molecular weight is 364 g/mol. The Morgan fingerprint density at radius 2 is 1.69 bits per heavy atom. The standard InChI is InChI=1S/C19H24O7/c1-12(17(25-14(3)21)13(2)18(22)24-4)16(10-11-20)26-19(23)15-8-6-5-7-9-15/h5-9,11-13,16-17H,10H2,1-4H3/t12-,13-,16-,17-/m0/s1. The highest BCUT2D eigenvalue weighted by molar-refractivity contribution is 5.89. The molecule has 0 amide bonds. The molecule has 0 aliphatic carbocycles. The fraction of sp³-hybridized carbons (Fsp3) is 0.474. The number of rotatable bonds is 9. The second-order valence-corrected chi connectivity index (χ2v) is 5.96. The van der Waals surface area contributed by atoms with Gasteiger partial charge in [0.15, 0.2) is 0 Å². The van der Waals surface area contributed by atoms with Crippen LogP contribution in [0.2, 0.25) is 0 Å². The highest BCUT2D eigenvalue weighted by atomic mass is 16.6. The molecule has 0 spiro atoms. The predicted molar refractivity (Wildman–Crippen MR) is 92.2 cm³/mol. The molecule has 7 heteroatoms. The van der Waals surface area contributed by atoms with Crippen LogP contribution in [-0.4, -0.2) is 43.5 Å². The van der Waals surface area contributed by atoms with E-state index >= 15 is 0 Å². The number of esters is 3. The number of carbonyl (C=O) groups is 4. The minimum atomic E-state index is -0.909. The minimum absolute atomic E-state index is 0.0919. The van der Waals surface area contributed by atoms with Gasteiger partial charge in [0.25, 0.3) is 0 Å². The van der Waals surface area contributed by atoms with Crippen molar-refractivity contribution in [3.05, 3.63) is 35.9 Å². The number of methoxy groups -OCH3 is 1. The number of hydrogen-bond acceptors (Lipinski definition) is 7. The Labute approximate surface area is 152 Å². The smallest absolute Gasteiger partial charge is 0.338 e. The SMILES string of the molecule is COC(=O)[C@@H](C)[C@@H](OC(C)=O)[C@@H](C)[C@H](CC=O)OC(=O)c1ccccc1. The van der Waals surface area contributed by atoms with Crippen LogP contribution in [0.4, 0.5) is 0 Å². The molecule has 4 atom stereocenters. The van der Waals surface area contributed by atoms with Gasteiger partial charge in [0.1, 0.15) is 18.5 Å². The van der Waals surface area contributed by atoms with E-state index in [2.05, 4.69) is 0 Å². The van der Waals surface area contributed by atoms with E-state index in [-0.39, 0.29) is 6.42 Å². The van der Waals surface area contributed by atoms with Crippen molar-refractivity contribution >= 4 is 24.2 Å². The summed E-state index contributed by atoms with van der Waals surface area (Å²) in [6.45, 7) is 4.42. The van der Waals surface area contributed by atoms with Gasteiger partial charge in [-0.2, -0.15) is 0 Å². The van der Waals surface area contributed by atoms with Gasteiger partial charge in [-0.15, -0.1) is 0 Å². The molecule has 1 aromatic carbocycles. The number of benzene rings is 1. The predicted octanol–water partition coefficient (Wildman–Crippen LogP) is 2.18. The van der Waals surface area contributed by atoms with Gasteiger partial charge < -0.3 is 19.0 Å². The van der Waals surface area contributed by atoms with Crippen molar-refractivity contribution in [2.75, 3.05) is 7.11 Å². The Morgan fingerprint density at radius 1 is 1.08 bits per heavy atom. The summed E-state index contributed by atoms with van der Waals surface area (Å²) in [5.74, 6) is -3.15. The highest BCUT2D eigenvalue weighted by Crippen LogP contribution is 2.25. The second kappa shape index (κ2) is 10.3. The lowest BCUT2D eigenvalue weighted by Crippen LogP contribution is -2.42. The van der Waals surface area contributed by atoms with Crippen molar-refractivity contribution in [3.8, 4) is 0 Å². The molecular formula is C19H24O7. The monoisotopic (exact) mass is 364 g/mol. The zero-order chi connectivity index (χ0) is 19.7. The van der Waals surface area contributed by atoms with Crippen LogP contribution in [0.15, 0.2) is 30.3 Å². The molecule has 1 rings (SSSR count). The molecule has 0 aromatic heterocycles. The fourth-order valence-electron chi connectivity index (χ4n) is 2.63. The van der Waals surface area contributed by atoms with Crippen LogP contribution in [0, 0.1) is 11.8 Å². The van der Waals surface area contributed by atoms with Crippen LogP contribution in [0.1, 0.15) is 37.6 Å². The molecule has 0 saturated heterocycles. The molecule has 0 heterocycles. The van der Waals surface area contributed by atoms with Crippen LogP contribution in [0.5, 0.6) is 0 Å². The van der Waals surface area contributed by atoms with Crippen molar-refractivity contribution < 1.29 is 33.4 Å². The Hall–Kier alpha value is -2.70. The van der Waals surface area contributed by atoms with Gasteiger partial charge >= 0.3 is 17.9 Å². The summed E-state index contributed by atoms with van der Waals surface area (Å²) in [4.78, 5) is 46.7. The van der Waals surface area contributed by atoms with Crippen LogP contribution in [0.3, 0.4) is 0 Å². The first kappa shape index (κ1) is 21.3. The van der Waals surface area contributed by atoms with E-state index in [0.29, 0.717) is 11.8 Å². The molecule has 142 valence electrons. The summed E-state index contributed by atoms with van der Waals surface area (Å²) < 4.78 is 15.4. The van der Waals surface area contributed by atoms with Gasteiger partial charge in [0, 0.05) is 19.3 Å². The van der Waals surface area contributed by atoms with Crippen molar-refractivity contribution in [1.82, 2.24) is 0 Å².